The summed E-state index contributed by atoms with van der Waals surface area (Å²) in [7, 11) is 2.19. The first-order valence-electron chi connectivity index (χ1n) is 15.4. The van der Waals surface area contributed by atoms with E-state index in [-0.39, 0.29) is 5.41 Å². The molecule has 0 N–H and O–H groups in total. The second-order valence-electron chi connectivity index (χ2n) is 12.7. The molecule has 0 radical (unpaired) electrons. The van der Waals surface area contributed by atoms with Crippen molar-refractivity contribution in [1.82, 2.24) is 9.13 Å². The van der Waals surface area contributed by atoms with Gasteiger partial charge in [-0.3, -0.25) is 0 Å². The van der Waals surface area contributed by atoms with Crippen LogP contribution in [-0.4, -0.2) is 17.0 Å². The summed E-state index contributed by atoms with van der Waals surface area (Å²) in [5, 5.41) is 3.84. The second kappa shape index (κ2) is 9.11. The Bertz CT molecular complexity index is 2410. The predicted octanol–water partition coefficient (Wildman–Crippen LogP) is 8.96. The highest BCUT2D eigenvalue weighted by Crippen LogP contribution is 2.49. The molecule has 9 rings (SSSR count). The minimum Gasteiger partial charge on any atom is -0.316 e. The number of hydrogen-bond donors (Lipinski definition) is 0. The maximum absolute atomic E-state index is 2.49. The molecule has 8 aromatic rings. The molecule has 0 spiro atoms. The van der Waals surface area contributed by atoms with Gasteiger partial charge < -0.3 is 9.13 Å². The fraction of sp³-hybridized carbons (Fsp3) is 0.0732. The fourth-order valence-electron chi connectivity index (χ4n) is 7.61. The summed E-state index contributed by atoms with van der Waals surface area (Å²) in [6.45, 7) is 4.72. The Morgan fingerprint density at radius 3 is 2.07 bits per heavy atom. The van der Waals surface area contributed by atoms with Gasteiger partial charge in [-0.1, -0.05) is 110 Å². The molecule has 0 bridgehead atoms. The van der Waals surface area contributed by atoms with Crippen molar-refractivity contribution in [3.8, 4) is 33.6 Å². The molecule has 1 aliphatic carbocycles. The van der Waals surface area contributed by atoms with Crippen LogP contribution in [0.1, 0.15) is 25.0 Å². The van der Waals surface area contributed by atoms with Crippen LogP contribution in [0.2, 0.25) is 0 Å². The average molecular weight is 563 g/mol. The number of rotatable bonds is 3. The first-order chi connectivity index (χ1) is 21.5. The van der Waals surface area contributed by atoms with Crippen molar-refractivity contribution in [2.45, 2.75) is 19.3 Å². The maximum atomic E-state index is 2.49. The summed E-state index contributed by atoms with van der Waals surface area (Å²) in [4.78, 5) is 0. The maximum Gasteiger partial charge on any atom is 0.139 e. The monoisotopic (exact) mass is 562 g/mol. The van der Waals surface area contributed by atoms with Gasteiger partial charge in [0, 0.05) is 39.1 Å². The minimum atomic E-state index is -0.0537. The smallest absolute Gasteiger partial charge is 0.139 e. The number of fused-ring (bicyclic) bond motifs is 8. The highest BCUT2D eigenvalue weighted by molar-refractivity contribution is 6.34. The van der Waals surface area contributed by atoms with Gasteiger partial charge in [0.15, 0.2) is 0 Å². The van der Waals surface area contributed by atoms with Crippen molar-refractivity contribution in [3.63, 3.8) is 0 Å². The van der Waals surface area contributed by atoms with Crippen LogP contribution in [0.25, 0.3) is 66.3 Å². The fourth-order valence-corrected chi connectivity index (χ4v) is 7.61. The minimum absolute atomic E-state index is 0.0537. The van der Waals surface area contributed by atoms with E-state index < -0.39 is 0 Å². The van der Waals surface area contributed by atoms with Gasteiger partial charge >= 0.3 is 0 Å². The van der Waals surface area contributed by atoms with Gasteiger partial charge in [-0.15, -0.1) is 0 Å². The van der Waals surface area contributed by atoms with Crippen LogP contribution < -0.4 is 5.46 Å². The molecule has 1 aliphatic rings. The normalized spacial score (nSPS) is 13.5. The lowest BCUT2D eigenvalue weighted by Crippen LogP contribution is -2.15. The highest BCUT2D eigenvalue weighted by atomic mass is 15.0. The third-order valence-corrected chi connectivity index (χ3v) is 9.83. The Morgan fingerprint density at radius 1 is 0.523 bits per heavy atom. The number of hydrogen-bond acceptors (Lipinski definition) is 0. The predicted molar refractivity (Wildman–Crippen MR) is 189 cm³/mol. The van der Waals surface area contributed by atoms with E-state index in [1.54, 1.807) is 0 Å². The molecule has 208 valence electrons. The molecular formula is C41H31BN2. The molecule has 0 amide bonds. The first-order valence-corrected chi connectivity index (χ1v) is 15.4. The van der Waals surface area contributed by atoms with E-state index in [4.69, 9.17) is 0 Å². The first kappa shape index (κ1) is 25.2. The molecule has 0 saturated carbocycles. The number of benzene rings is 6. The van der Waals surface area contributed by atoms with Crippen molar-refractivity contribution in [2.75, 3.05) is 0 Å². The van der Waals surface area contributed by atoms with Crippen molar-refractivity contribution in [3.05, 3.63) is 151 Å². The molecule has 2 nitrogen and oxygen atoms in total. The van der Waals surface area contributed by atoms with Crippen LogP contribution in [0.3, 0.4) is 0 Å². The molecule has 0 saturated heterocycles. The highest BCUT2D eigenvalue weighted by Gasteiger charge is 2.35. The van der Waals surface area contributed by atoms with E-state index in [1.165, 1.54) is 77.2 Å². The second-order valence-corrected chi connectivity index (χ2v) is 12.7. The van der Waals surface area contributed by atoms with E-state index in [2.05, 4.69) is 170 Å². The quantitative estimate of drug-likeness (QED) is 0.190. The third kappa shape index (κ3) is 3.50. The van der Waals surface area contributed by atoms with Crippen molar-refractivity contribution in [1.29, 1.82) is 0 Å². The Kier molecular flexibility index (Phi) is 5.23. The molecule has 0 unspecified atom stereocenters. The molecule has 2 heterocycles. The Balaban J connectivity index is 1.27. The van der Waals surface area contributed by atoms with Gasteiger partial charge in [-0.2, -0.15) is 0 Å². The van der Waals surface area contributed by atoms with Gasteiger partial charge in [0.2, 0.25) is 0 Å². The van der Waals surface area contributed by atoms with E-state index in [0.717, 1.165) is 5.69 Å². The van der Waals surface area contributed by atoms with E-state index in [1.807, 2.05) is 0 Å². The van der Waals surface area contributed by atoms with Gasteiger partial charge in [0.25, 0.3) is 0 Å². The molecule has 0 aliphatic heterocycles. The standard InChI is InChI=1S/C41H31BN2/c1-41(2)36-11-7-6-10-31(36)32-18-17-30(25-37(32)41)44-39-20-14-28(42)24-35(39)33-19-21-38-34(40(33)44)22-23-43(38)29-15-12-27(13-16-29)26-8-4-3-5-9-26/h3-25H,42H2,1-2H3. The Hall–Kier alpha value is -5.28. The third-order valence-electron chi connectivity index (χ3n) is 9.83. The van der Waals surface area contributed by atoms with Crippen LogP contribution in [0, 0.1) is 0 Å². The van der Waals surface area contributed by atoms with Crippen LogP contribution in [0.5, 0.6) is 0 Å². The molecule has 3 heteroatoms. The molecule has 2 aromatic heterocycles. The molecule has 0 atom stereocenters. The van der Waals surface area contributed by atoms with Crippen LogP contribution in [0.15, 0.2) is 140 Å². The Morgan fingerprint density at radius 2 is 1.23 bits per heavy atom. The molecule has 44 heavy (non-hydrogen) atoms. The largest absolute Gasteiger partial charge is 0.316 e. The van der Waals surface area contributed by atoms with E-state index in [0.29, 0.717) is 0 Å². The average Bonchev–Trinajstić information content (AvgIpc) is 3.70. The van der Waals surface area contributed by atoms with Gasteiger partial charge in [-0.05, 0) is 75.8 Å². The summed E-state index contributed by atoms with van der Waals surface area (Å²) in [6.07, 6.45) is 2.22. The zero-order valence-corrected chi connectivity index (χ0v) is 25.2. The van der Waals surface area contributed by atoms with E-state index in [9.17, 15) is 0 Å². The van der Waals surface area contributed by atoms with Crippen molar-refractivity contribution < 1.29 is 0 Å². The summed E-state index contributed by atoms with van der Waals surface area (Å²) in [5.74, 6) is 0. The lowest BCUT2D eigenvalue weighted by Gasteiger charge is -2.22. The van der Waals surface area contributed by atoms with Gasteiger partial charge in [-0.25, -0.2) is 0 Å². The Labute approximate surface area is 258 Å². The van der Waals surface area contributed by atoms with Crippen molar-refractivity contribution in [2.24, 2.45) is 0 Å². The number of nitrogens with zero attached hydrogens (tertiary/aromatic N) is 2. The summed E-state index contributed by atoms with van der Waals surface area (Å²) in [5.41, 5.74) is 15.3. The molecular weight excluding hydrogens is 531 g/mol. The van der Waals surface area contributed by atoms with Crippen molar-refractivity contribution >= 4 is 46.0 Å². The zero-order valence-electron chi connectivity index (χ0n) is 25.2. The summed E-state index contributed by atoms with van der Waals surface area (Å²) in [6, 6.07) is 49.2. The van der Waals surface area contributed by atoms with Gasteiger partial charge in [0.05, 0.1) is 16.6 Å². The van der Waals surface area contributed by atoms with E-state index >= 15 is 0 Å². The number of aromatic nitrogens is 2. The lowest BCUT2D eigenvalue weighted by atomic mass is 9.82. The SMILES string of the molecule is Bc1ccc2c(c1)c1ccc3c(ccn3-c3ccc(-c4ccccc4)cc3)c1n2-c1ccc2c(c1)C(C)(C)c1ccccc1-2. The zero-order chi connectivity index (χ0) is 29.6. The summed E-state index contributed by atoms with van der Waals surface area (Å²) >= 11 is 0. The van der Waals surface area contributed by atoms with Crippen LogP contribution >= 0.6 is 0 Å². The summed E-state index contributed by atoms with van der Waals surface area (Å²) < 4.78 is 4.81. The lowest BCUT2D eigenvalue weighted by molar-refractivity contribution is 0.660. The van der Waals surface area contributed by atoms with Gasteiger partial charge in [0.1, 0.15) is 7.85 Å². The molecule has 0 fully saturated rings. The van der Waals surface area contributed by atoms with Crippen LogP contribution in [-0.2, 0) is 5.41 Å². The topological polar surface area (TPSA) is 9.86 Å². The van der Waals surface area contributed by atoms with Crippen LogP contribution in [0.4, 0.5) is 0 Å². The molecule has 6 aromatic carbocycles.